The van der Waals surface area contributed by atoms with Gasteiger partial charge in [0.25, 0.3) is 0 Å². The highest BCUT2D eigenvalue weighted by atomic mass is 31.2. The molecule has 0 saturated carbocycles. The van der Waals surface area contributed by atoms with Crippen LogP contribution in [0.2, 0.25) is 0 Å². The van der Waals surface area contributed by atoms with Crippen LogP contribution in [0.15, 0.2) is 0 Å². The van der Waals surface area contributed by atoms with Crippen LogP contribution in [-0.4, -0.2) is 34.2 Å². The molecular weight excluding hydrogens is 297 g/mol. The van der Waals surface area contributed by atoms with Crippen LogP contribution in [0, 0.1) is 0 Å². The first-order chi connectivity index (χ1) is 7.15. The second-order valence-corrected chi connectivity index (χ2v) is 5.47. The molecule has 2 unspecified atom stereocenters. The summed E-state index contributed by atoms with van der Waals surface area (Å²) in [5.74, 6) is -25.3. The summed E-state index contributed by atoms with van der Waals surface area (Å²) in [5, 5.41) is 0. The summed E-state index contributed by atoms with van der Waals surface area (Å²) < 4.78 is 124. The molecule has 0 spiro atoms. The van der Waals surface area contributed by atoms with Gasteiger partial charge in [0, 0.05) is 0 Å². The van der Waals surface area contributed by atoms with Gasteiger partial charge >= 0.3 is 37.1 Å². The number of alkyl halides is 9. The minimum absolute atomic E-state index is 5.10. The van der Waals surface area contributed by atoms with E-state index < -0.39 is 37.1 Å². The third-order valence-electron chi connectivity index (χ3n) is 2.18. The van der Waals surface area contributed by atoms with Crippen molar-refractivity contribution in [3.63, 3.8) is 0 Å². The van der Waals surface area contributed by atoms with E-state index >= 15 is 0 Å². The lowest BCUT2D eigenvalue weighted by Gasteiger charge is -2.41. The van der Waals surface area contributed by atoms with Gasteiger partial charge in [-0.3, -0.25) is 0 Å². The standard InChI is InChI=1S/C5H2F10OP/c6-1-2(7,8)3(9,10)4(11,12)5(13,14)17(1,15)16/h1,16H/q+1. The van der Waals surface area contributed by atoms with Crippen molar-refractivity contribution in [2.24, 2.45) is 0 Å². The van der Waals surface area contributed by atoms with Gasteiger partial charge in [-0.2, -0.15) is 39.5 Å². The van der Waals surface area contributed by atoms with E-state index in [-0.39, 0.29) is 0 Å². The molecule has 1 saturated heterocycles. The molecule has 1 aliphatic rings. The lowest BCUT2D eigenvalue weighted by molar-refractivity contribution is -0.368. The summed E-state index contributed by atoms with van der Waals surface area (Å²) in [6.45, 7) is 0. The number of rotatable bonds is 0. The fraction of sp³-hybridized carbons (Fsp3) is 1.00. The molecule has 0 aromatic heterocycles. The van der Waals surface area contributed by atoms with Crippen LogP contribution >= 0.6 is 7.80 Å². The lowest BCUT2D eigenvalue weighted by atomic mass is 10.0. The molecule has 2 atom stereocenters. The van der Waals surface area contributed by atoms with Crippen LogP contribution in [0.5, 0.6) is 0 Å². The van der Waals surface area contributed by atoms with Crippen LogP contribution < -0.4 is 0 Å². The summed E-state index contributed by atoms with van der Waals surface area (Å²) >= 11 is 0. The Morgan fingerprint density at radius 3 is 1.53 bits per heavy atom. The van der Waals surface area contributed by atoms with Crippen molar-refractivity contribution in [2.75, 3.05) is 0 Å². The molecule has 0 amide bonds. The summed E-state index contributed by atoms with van der Waals surface area (Å²) in [7, 11) is -7.43. The van der Waals surface area contributed by atoms with Crippen molar-refractivity contribution in [2.45, 2.75) is 29.3 Å². The predicted octanol–water partition coefficient (Wildman–Crippen LogP) is 3.60. The average Bonchev–Trinajstić information content (AvgIpc) is 2.13. The molecule has 1 fully saturated rings. The van der Waals surface area contributed by atoms with Gasteiger partial charge in [-0.15, -0.1) is 0 Å². The van der Waals surface area contributed by atoms with Crippen molar-refractivity contribution in [3.05, 3.63) is 0 Å². The first-order valence-electron chi connectivity index (χ1n) is 3.62. The molecule has 0 aliphatic carbocycles. The zero-order valence-corrected chi connectivity index (χ0v) is 8.15. The monoisotopic (exact) mass is 299 g/mol. The minimum Gasteiger partial charge on any atom is -0.207 e. The molecule has 1 heterocycles. The highest BCUT2D eigenvalue weighted by molar-refractivity contribution is 7.67. The van der Waals surface area contributed by atoms with E-state index in [4.69, 9.17) is 4.89 Å². The van der Waals surface area contributed by atoms with Gasteiger partial charge in [-0.1, -0.05) is 0 Å². The van der Waals surface area contributed by atoms with E-state index in [1.54, 1.807) is 0 Å². The largest absolute Gasteiger partial charge is 0.486 e. The molecule has 1 rings (SSSR count). The Morgan fingerprint density at radius 2 is 1.18 bits per heavy atom. The first kappa shape index (κ1) is 14.7. The second kappa shape index (κ2) is 3.17. The van der Waals surface area contributed by atoms with E-state index in [9.17, 15) is 43.7 Å². The molecule has 0 bridgehead atoms. The van der Waals surface area contributed by atoms with Gasteiger partial charge in [0.05, 0.1) is 0 Å². The number of hydrogen-bond donors (Lipinski definition) is 1. The summed E-state index contributed by atoms with van der Waals surface area (Å²) in [6.07, 6.45) is 0. The Kier molecular flexibility index (Phi) is 2.75. The van der Waals surface area contributed by atoms with E-state index in [1.807, 2.05) is 0 Å². The van der Waals surface area contributed by atoms with Crippen LogP contribution in [-0.2, 0) is 0 Å². The molecular formula is C5H2F10OP+. The lowest BCUT2D eigenvalue weighted by Crippen LogP contribution is -2.70. The Bertz CT molecular complexity index is 308. The van der Waals surface area contributed by atoms with Gasteiger partial charge < -0.3 is 0 Å². The molecule has 12 heteroatoms. The van der Waals surface area contributed by atoms with Crippen LogP contribution in [0.1, 0.15) is 0 Å². The number of halogens is 10. The number of hydrogen-bond acceptors (Lipinski definition) is 1. The Labute approximate surface area is 86.9 Å². The molecule has 0 aromatic rings. The first-order valence-corrected chi connectivity index (χ1v) is 5.32. The van der Waals surface area contributed by atoms with Crippen LogP contribution in [0.4, 0.5) is 43.7 Å². The van der Waals surface area contributed by atoms with E-state index in [2.05, 4.69) is 0 Å². The molecule has 0 radical (unpaired) electrons. The Hall–Kier alpha value is -0.310. The van der Waals surface area contributed by atoms with Crippen LogP contribution in [0.25, 0.3) is 0 Å². The fourth-order valence-electron chi connectivity index (χ4n) is 1.10. The fourth-order valence-corrected chi connectivity index (χ4v) is 2.51. The van der Waals surface area contributed by atoms with E-state index in [0.717, 1.165) is 0 Å². The molecule has 1 N–H and O–H groups in total. The molecule has 0 aromatic carbocycles. The van der Waals surface area contributed by atoms with Crippen molar-refractivity contribution in [1.29, 1.82) is 0 Å². The quantitative estimate of drug-likeness (QED) is 0.535. The van der Waals surface area contributed by atoms with Gasteiger partial charge in [0.15, 0.2) is 0 Å². The topological polar surface area (TPSA) is 20.2 Å². The maximum Gasteiger partial charge on any atom is 0.486 e. The van der Waals surface area contributed by atoms with Crippen molar-refractivity contribution in [1.82, 2.24) is 0 Å². The third kappa shape index (κ3) is 1.29. The van der Waals surface area contributed by atoms with Crippen molar-refractivity contribution in [3.8, 4) is 0 Å². The normalized spacial score (nSPS) is 42.2. The molecule has 17 heavy (non-hydrogen) atoms. The predicted molar refractivity (Wildman–Crippen MR) is 34.9 cm³/mol. The van der Waals surface area contributed by atoms with Crippen molar-refractivity contribution < 1.29 is 48.6 Å². The summed E-state index contributed by atoms with van der Waals surface area (Å²) in [5.41, 5.74) is -6.61. The smallest absolute Gasteiger partial charge is 0.207 e. The molecule has 102 valence electrons. The zero-order chi connectivity index (χ0) is 14.1. The van der Waals surface area contributed by atoms with Crippen LogP contribution in [0.3, 0.4) is 0 Å². The third-order valence-corrected chi connectivity index (χ3v) is 4.18. The van der Waals surface area contributed by atoms with Gasteiger partial charge in [0.2, 0.25) is 0 Å². The highest BCUT2D eigenvalue weighted by Crippen LogP contribution is 2.84. The summed E-state index contributed by atoms with van der Waals surface area (Å²) in [4.78, 5) is 8.10. The Balaban J connectivity index is 3.56. The molecule has 1 aliphatic heterocycles. The SMILES string of the molecule is O[P+]1(F)C(F)C(F)(F)C(F)(F)C(F)(F)C1(F)F. The van der Waals surface area contributed by atoms with Gasteiger partial charge in [-0.05, 0) is 4.20 Å². The maximum atomic E-state index is 12.6. The second-order valence-electron chi connectivity index (χ2n) is 3.25. The molecule has 1 nitrogen and oxygen atoms in total. The zero-order valence-electron chi connectivity index (χ0n) is 7.25. The highest BCUT2D eigenvalue weighted by Gasteiger charge is 3.01. The average molecular weight is 299 g/mol. The van der Waals surface area contributed by atoms with Gasteiger partial charge in [-0.25, -0.2) is 4.89 Å². The van der Waals surface area contributed by atoms with E-state index in [0.29, 0.717) is 0 Å². The van der Waals surface area contributed by atoms with Crippen molar-refractivity contribution >= 4 is 7.80 Å². The minimum atomic E-state index is -7.43. The van der Waals surface area contributed by atoms with E-state index in [1.165, 1.54) is 0 Å². The Morgan fingerprint density at radius 1 is 0.824 bits per heavy atom. The maximum absolute atomic E-state index is 12.6. The summed E-state index contributed by atoms with van der Waals surface area (Å²) in [6, 6.07) is 0. The van der Waals surface area contributed by atoms with Gasteiger partial charge in [0.1, 0.15) is 0 Å².